The van der Waals surface area contributed by atoms with Gasteiger partial charge in [-0.2, -0.15) is 5.10 Å². The Labute approximate surface area is 186 Å². The SMILES string of the molecule is CNC(C)c1cccc2[nH]c(C3=NNC4CC=C(c5cncc6ccccc56)C=C34)nc12. The third-order valence-corrected chi connectivity index (χ3v) is 6.51. The predicted octanol–water partition coefficient (Wildman–Crippen LogP) is 4.48. The van der Waals surface area contributed by atoms with E-state index >= 15 is 0 Å². The van der Waals surface area contributed by atoms with Gasteiger partial charge in [-0.1, -0.05) is 42.5 Å². The van der Waals surface area contributed by atoms with E-state index in [1.807, 2.05) is 25.5 Å². The van der Waals surface area contributed by atoms with E-state index in [0.717, 1.165) is 45.5 Å². The van der Waals surface area contributed by atoms with E-state index < -0.39 is 0 Å². The van der Waals surface area contributed by atoms with Gasteiger partial charge >= 0.3 is 0 Å². The van der Waals surface area contributed by atoms with E-state index in [0.29, 0.717) is 0 Å². The molecule has 3 N–H and O–H groups in total. The smallest absolute Gasteiger partial charge is 0.159 e. The van der Waals surface area contributed by atoms with Crippen molar-refractivity contribution in [2.45, 2.75) is 25.4 Å². The Balaban J connectivity index is 1.42. The zero-order chi connectivity index (χ0) is 21.7. The highest BCUT2D eigenvalue weighted by Crippen LogP contribution is 2.33. The molecule has 6 rings (SSSR count). The normalized spacial score (nSPS) is 18.7. The zero-order valence-corrected chi connectivity index (χ0v) is 18.1. The molecule has 0 spiro atoms. The summed E-state index contributed by atoms with van der Waals surface area (Å²) in [7, 11) is 1.97. The molecule has 158 valence electrons. The minimum absolute atomic E-state index is 0.167. The van der Waals surface area contributed by atoms with Crippen LogP contribution in [0.4, 0.5) is 0 Å². The summed E-state index contributed by atoms with van der Waals surface area (Å²) in [6.07, 6.45) is 9.26. The number of hydrogen-bond acceptors (Lipinski definition) is 5. The van der Waals surface area contributed by atoms with Crippen molar-refractivity contribution in [3.8, 4) is 0 Å². The first-order chi connectivity index (χ1) is 15.7. The Morgan fingerprint density at radius 1 is 1.09 bits per heavy atom. The van der Waals surface area contributed by atoms with Crippen LogP contribution in [0.25, 0.3) is 27.4 Å². The van der Waals surface area contributed by atoms with Crippen LogP contribution in [0.5, 0.6) is 0 Å². The molecule has 2 unspecified atom stereocenters. The Morgan fingerprint density at radius 3 is 2.91 bits per heavy atom. The highest BCUT2D eigenvalue weighted by Gasteiger charge is 2.30. The van der Waals surface area contributed by atoms with Crippen LogP contribution in [-0.2, 0) is 0 Å². The van der Waals surface area contributed by atoms with Crippen molar-refractivity contribution in [3.63, 3.8) is 0 Å². The molecule has 0 fully saturated rings. The fourth-order valence-electron chi connectivity index (χ4n) is 4.66. The molecule has 2 aromatic carbocycles. The number of aromatic nitrogens is 3. The van der Waals surface area contributed by atoms with Gasteiger partial charge in [0.25, 0.3) is 0 Å². The summed E-state index contributed by atoms with van der Waals surface area (Å²) in [5.41, 5.74) is 10.9. The first-order valence-electron chi connectivity index (χ1n) is 11.0. The lowest BCUT2D eigenvalue weighted by atomic mass is 9.88. The zero-order valence-electron chi connectivity index (χ0n) is 18.1. The molecule has 1 aliphatic heterocycles. The molecule has 2 aliphatic rings. The van der Waals surface area contributed by atoms with Crippen LogP contribution in [0.2, 0.25) is 0 Å². The fraction of sp³-hybridized carbons (Fsp3) is 0.192. The molecule has 4 aromatic rings. The summed E-state index contributed by atoms with van der Waals surface area (Å²) in [5, 5.41) is 10.3. The number of allylic oxidation sites excluding steroid dienone is 2. The summed E-state index contributed by atoms with van der Waals surface area (Å²) in [5.74, 6) is 0.800. The van der Waals surface area contributed by atoms with Gasteiger partial charge in [0.1, 0.15) is 5.71 Å². The third-order valence-electron chi connectivity index (χ3n) is 6.51. The maximum absolute atomic E-state index is 4.96. The quantitative estimate of drug-likeness (QED) is 0.455. The van der Waals surface area contributed by atoms with Gasteiger partial charge < -0.3 is 15.7 Å². The van der Waals surface area contributed by atoms with Crippen LogP contribution in [0.3, 0.4) is 0 Å². The molecule has 0 bridgehead atoms. The number of benzene rings is 2. The molecule has 1 aliphatic carbocycles. The molecule has 0 amide bonds. The number of pyridine rings is 1. The number of para-hydroxylation sites is 1. The number of fused-ring (bicyclic) bond motifs is 3. The van der Waals surface area contributed by atoms with E-state index in [1.54, 1.807) is 0 Å². The number of hydrogen-bond donors (Lipinski definition) is 3. The molecule has 3 heterocycles. The summed E-state index contributed by atoms with van der Waals surface area (Å²) in [4.78, 5) is 12.9. The summed E-state index contributed by atoms with van der Waals surface area (Å²) in [6.45, 7) is 2.15. The maximum atomic E-state index is 4.96. The van der Waals surface area contributed by atoms with Crippen molar-refractivity contribution in [1.82, 2.24) is 25.7 Å². The topological polar surface area (TPSA) is 78.0 Å². The second-order valence-corrected chi connectivity index (χ2v) is 8.38. The minimum Gasteiger partial charge on any atom is -0.337 e. The predicted molar refractivity (Wildman–Crippen MR) is 129 cm³/mol. The number of nitrogens with one attached hydrogen (secondary N) is 3. The molecule has 6 nitrogen and oxygen atoms in total. The first kappa shape index (κ1) is 19.0. The van der Waals surface area contributed by atoms with Crippen LogP contribution in [0.1, 0.15) is 36.3 Å². The van der Waals surface area contributed by atoms with Crippen molar-refractivity contribution < 1.29 is 0 Å². The van der Waals surface area contributed by atoms with Gasteiger partial charge in [0.05, 0.1) is 17.1 Å². The van der Waals surface area contributed by atoms with Gasteiger partial charge in [0.2, 0.25) is 0 Å². The third kappa shape index (κ3) is 2.95. The van der Waals surface area contributed by atoms with Crippen molar-refractivity contribution in [3.05, 3.63) is 89.5 Å². The average molecular weight is 421 g/mol. The molecule has 0 radical (unpaired) electrons. The molecule has 6 heteroatoms. The number of imidazole rings is 1. The standard InChI is InChI=1S/C26H24N6/c1-15(27-2)18-8-5-9-23-24(18)30-26(29-23)25-20-12-16(10-11-22(20)31-32-25)21-14-28-13-17-6-3-4-7-19(17)21/h3-10,12-15,22,27,31H,11H2,1-2H3,(H,29,30). The Bertz CT molecular complexity index is 1440. The Kier molecular flexibility index (Phi) is 4.40. The van der Waals surface area contributed by atoms with E-state index in [4.69, 9.17) is 4.98 Å². The van der Waals surface area contributed by atoms with E-state index in [-0.39, 0.29) is 12.1 Å². The molecular weight excluding hydrogens is 396 g/mol. The monoisotopic (exact) mass is 420 g/mol. The van der Waals surface area contributed by atoms with Gasteiger partial charge in [-0.25, -0.2) is 4.98 Å². The maximum Gasteiger partial charge on any atom is 0.159 e. The minimum atomic E-state index is 0.167. The van der Waals surface area contributed by atoms with Gasteiger partial charge in [-0.15, -0.1) is 0 Å². The average Bonchev–Trinajstić information content (AvgIpc) is 3.46. The lowest BCUT2D eigenvalue weighted by Crippen LogP contribution is -2.23. The molecular formula is C26H24N6. The fourth-order valence-corrected chi connectivity index (χ4v) is 4.66. The highest BCUT2D eigenvalue weighted by atomic mass is 15.3. The Morgan fingerprint density at radius 2 is 2.00 bits per heavy atom. The Hall–Kier alpha value is -3.77. The van der Waals surface area contributed by atoms with Crippen LogP contribution in [-0.4, -0.2) is 33.8 Å². The summed E-state index contributed by atoms with van der Waals surface area (Å²) >= 11 is 0. The van der Waals surface area contributed by atoms with E-state index in [2.05, 4.69) is 81.3 Å². The number of H-pyrrole nitrogens is 1. The van der Waals surface area contributed by atoms with Crippen LogP contribution < -0.4 is 10.7 Å². The second kappa shape index (κ2) is 7.43. The van der Waals surface area contributed by atoms with Crippen molar-refractivity contribution >= 4 is 33.1 Å². The number of aromatic amines is 1. The summed E-state index contributed by atoms with van der Waals surface area (Å²) in [6, 6.07) is 15.0. The van der Waals surface area contributed by atoms with Crippen LogP contribution >= 0.6 is 0 Å². The van der Waals surface area contributed by atoms with Crippen molar-refractivity contribution in [2.75, 3.05) is 7.05 Å². The van der Waals surface area contributed by atoms with Gasteiger partial charge in [0, 0.05) is 35.0 Å². The largest absolute Gasteiger partial charge is 0.337 e. The number of rotatable bonds is 4. The molecule has 32 heavy (non-hydrogen) atoms. The molecule has 0 saturated heterocycles. The lowest BCUT2D eigenvalue weighted by molar-refractivity contribution is 0.644. The van der Waals surface area contributed by atoms with Gasteiger partial charge in [0.15, 0.2) is 5.82 Å². The molecule has 0 saturated carbocycles. The highest BCUT2D eigenvalue weighted by molar-refractivity contribution is 6.15. The lowest BCUT2D eigenvalue weighted by Gasteiger charge is -2.18. The van der Waals surface area contributed by atoms with E-state index in [9.17, 15) is 0 Å². The first-order valence-corrected chi connectivity index (χ1v) is 11.0. The van der Waals surface area contributed by atoms with Gasteiger partial charge in [-0.3, -0.25) is 4.98 Å². The molecule has 2 atom stereocenters. The van der Waals surface area contributed by atoms with Crippen LogP contribution in [0.15, 0.2) is 77.7 Å². The number of nitrogens with zero attached hydrogens (tertiary/aromatic N) is 3. The number of hydrazone groups is 1. The summed E-state index contributed by atoms with van der Waals surface area (Å²) < 4.78 is 0. The molecule has 2 aromatic heterocycles. The second-order valence-electron chi connectivity index (χ2n) is 8.38. The van der Waals surface area contributed by atoms with Crippen LogP contribution in [0, 0.1) is 0 Å². The van der Waals surface area contributed by atoms with Crippen molar-refractivity contribution in [1.29, 1.82) is 0 Å². The van der Waals surface area contributed by atoms with Crippen molar-refractivity contribution in [2.24, 2.45) is 5.10 Å². The van der Waals surface area contributed by atoms with Gasteiger partial charge in [-0.05, 0) is 49.1 Å². The van der Waals surface area contributed by atoms with E-state index in [1.165, 1.54) is 16.5 Å².